The van der Waals surface area contributed by atoms with Crippen molar-refractivity contribution in [2.24, 2.45) is 11.3 Å². The highest BCUT2D eigenvalue weighted by molar-refractivity contribution is 7.90. The van der Waals surface area contributed by atoms with Gasteiger partial charge in [0.1, 0.15) is 6.04 Å². The van der Waals surface area contributed by atoms with Crippen LogP contribution in [-0.4, -0.2) is 63.3 Å². The van der Waals surface area contributed by atoms with E-state index in [0.717, 1.165) is 11.1 Å². The number of hydrogen-bond acceptors (Lipinski definition) is 6. The zero-order valence-corrected chi connectivity index (χ0v) is 35.4. The molecule has 3 atom stereocenters. The molecule has 0 unspecified atom stereocenters. The summed E-state index contributed by atoms with van der Waals surface area (Å²) < 4.78 is 30.4. The Hall–Kier alpha value is -3.50. The maximum atomic E-state index is 14.3. The molecular formula is C42H66N4O5S. The van der Waals surface area contributed by atoms with Crippen molar-refractivity contribution >= 4 is 27.7 Å². The SMILES string of the molecule is CN[C@H](C(=O)N[C@H](C(=O)N(C)[C@H](C=C(C)C(=O)NS(=O)(=O)c1c(C(C)C)cc(C(C)C)cc1C(C)C)C(C)C)C(C)(C)C)C(C)(C)c1ccccc1. The van der Waals surface area contributed by atoms with Gasteiger partial charge in [0.15, 0.2) is 0 Å². The first-order valence-electron chi connectivity index (χ1n) is 18.5. The van der Waals surface area contributed by atoms with E-state index < -0.39 is 44.9 Å². The van der Waals surface area contributed by atoms with Gasteiger partial charge in [0.25, 0.3) is 15.9 Å². The van der Waals surface area contributed by atoms with E-state index in [9.17, 15) is 22.8 Å². The highest BCUT2D eigenvalue weighted by Crippen LogP contribution is 2.35. The molecule has 0 aliphatic carbocycles. The Bertz CT molecular complexity index is 1670. The van der Waals surface area contributed by atoms with E-state index in [4.69, 9.17) is 0 Å². The molecule has 0 aliphatic heterocycles. The van der Waals surface area contributed by atoms with Gasteiger partial charge in [-0.25, -0.2) is 13.1 Å². The van der Waals surface area contributed by atoms with Gasteiger partial charge in [0.05, 0.1) is 17.0 Å². The molecule has 3 amide bonds. The van der Waals surface area contributed by atoms with E-state index in [0.29, 0.717) is 11.1 Å². The molecule has 3 N–H and O–H groups in total. The molecule has 9 nitrogen and oxygen atoms in total. The van der Waals surface area contributed by atoms with E-state index in [1.807, 2.05) is 119 Å². The quantitative estimate of drug-likeness (QED) is 0.164. The maximum absolute atomic E-state index is 14.3. The van der Waals surface area contributed by atoms with E-state index in [1.54, 1.807) is 32.0 Å². The summed E-state index contributed by atoms with van der Waals surface area (Å²) >= 11 is 0. The summed E-state index contributed by atoms with van der Waals surface area (Å²) in [6.07, 6.45) is 1.64. The molecule has 10 heteroatoms. The zero-order chi connectivity index (χ0) is 40.1. The van der Waals surface area contributed by atoms with Gasteiger partial charge >= 0.3 is 0 Å². The summed E-state index contributed by atoms with van der Waals surface area (Å²) in [7, 11) is -0.869. The first kappa shape index (κ1) is 44.7. The van der Waals surface area contributed by atoms with Gasteiger partial charge in [0.2, 0.25) is 11.8 Å². The predicted molar refractivity (Wildman–Crippen MR) is 213 cm³/mol. The fourth-order valence-electron chi connectivity index (χ4n) is 6.62. The molecular weight excluding hydrogens is 673 g/mol. The number of nitrogens with one attached hydrogen (secondary N) is 3. The Morgan fingerprint density at radius 2 is 1.29 bits per heavy atom. The van der Waals surface area contributed by atoms with Crippen molar-refractivity contribution in [3.05, 3.63) is 76.4 Å². The van der Waals surface area contributed by atoms with Crippen molar-refractivity contribution in [1.29, 1.82) is 0 Å². The number of likely N-dealkylation sites (N-methyl/N-ethyl adjacent to an activating group) is 2. The monoisotopic (exact) mass is 738 g/mol. The molecule has 2 aromatic carbocycles. The lowest BCUT2D eigenvalue weighted by molar-refractivity contribution is -0.140. The van der Waals surface area contributed by atoms with Crippen LogP contribution in [0, 0.1) is 11.3 Å². The number of sulfonamides is 1. The van der Waals surface area contributed by atoms with Gasteiger partial charge in [-0.2, -0.15) is 0 Å². The van der Waals surface area contributed by atoms with E-state index in [-0.39, 0.29) is 46.0 Å². The molecule has 0 heterocycles. The van der Waals surface area contributed by atoms with Gasteiger partial charge in [-0.05, 0) is 65.3 Å². The van der Waals surface area contributed by atoms with Crippen LogP contribution in [0.25, 0.3) is 0 Å². The maximum Gasteiger partial charge on any atom is 0.264 e. The number of rotatable bonds is 15. The second kappa shape index (κ2) is 17.5. The van der Waals surface area contributed by atoms with Crippen molar-refractivity contribution in [2.75, 3.05) is 14.1 Å². The van der Waals surface area contributed by atoms with Crippen molar-refractivity contribution in [3.63, 3.8) is 0 Å². The molecule has 2 rings (SSSR count). The van der Waals surface area contributed by atoms with E-state index in [2.05, 4.69) is 29.2 Å². The smallest absolute Gasteiger partial charge is 0.264 e. The minimum atomic E-state index is -4.25. The topological polar surface area (TPSA) is 125 Å². The van der Waals surface area contributed by atoms with E-state index >= 15 is 0 Å². The lowest BCUT2D eigenvalue weighted by Crippen LogP contribution is -2.61. The molecule has 0 radical (unpaired) electrons. The number of hydrogen-bond donors (Lipinski definition) is 3. The van der Waals surface area contributed by atoms with Crippen molar-refractivity contribution < 1.29 is 22.8 Å². The second-order valence-corrected chi connectivity index (χ2v) is 18.7. The Kier molecular flexibility index (Phi) is 15.1. The average molecular weight is 739 g/mol. The Labute approximate surface area is 314 Å². The van der Waals surface area contributed by atoms with Gasteiger partial charge in [0, 0.05) is 18.0 Å². The molecule has 2 aromatic rings. The molecule has 0 bridgehead atoms. The lowest BCUT2D eigenvalue weighted by atomic mass is 9.76. The Morgan fingerprint density at radius 3 is 1.69 bits per heavy atom. The van der Waals surface area contributed by atoms with Crippen LogP contribution in [-0.2, 0) is 29.8 Å². The molecule has 0 saturated heterocycles. The molecule has 0 aromatic heterocycles. The summed E-state index contributed by atoms with van der Waals surface area (Å²) in [6.45, 7) is 27.0. The first-order chi connectivity index (χ1) is 23.8. The third-order valence-corrected chi connectivity index (χ3v) is 11.5. The van der Waals surface area contributed by atoms with Crippen LogP contribution in [0.15, 0.2) is 59.0 Å². The molecule has 290 valence electrons. The zero-order valence-electron chi connectivity index (χ0n) is 34.6. The van der Waals surface area contributed by atoms with Crippen molar-refractivity contribution in [2.45, 2.75) is 143 Å². The fourth-order valence-corrected chi connectivity index (χ4v) is 8.33. The molecule has 52 heavy (non-hydrogen) atoms. The Balaban J connectivity index is 2.47. The van der Waals surface area contributed by atoms with Gasteiger partial charge < -0.3 is 15.5 Å². The number of nitrogens with zero attached hydrogens (tertiary/aromatic N) is 1. The predicted octanol–water partition coefficient (Wildman–Crippen LogP) is 7.39. The summed E-state index contributed by atoms with van der Waals surface area (Å²) in [6, 6.07) is 11.5. The van der Waals surface area contributed by atoms with Gasteiger partial charge in [-0.1, -0.05) is 139 Å². The minimum absolute atomic E-state index is 0.0939. The summed E-state index contributed by atoms with van der Waals surface area (Å²) in [5.41, 5.74) is 2.29. The third kappa shape index (κ3) is 10.6. The largest absolute Gasteiger partial charge is 0.342 e. The highest BCUT2D eigenvalue weighted by atomic mass is 32.2. The summed E-state index contributed by atoms with van der Waals surface area (Å²) in [4.78, 5) is 43.6. The van der Waals surface area contributed by atoms with Crippen LogP contribution in [0.5, 0.6) is 0 Å². The van der Waals surface area contributed by atoms with E-state index in [1.165, 1.54) is 0 Å². The molecule has 0 saturated carbocycles. The third-order valence-electron chi connectivity index (χ3n) is 10.0. The van der Waals surface area contributed by atoms with Gasteiger partial charge in [-0.15, -0.1) is 0 Å². The number of carbonyl (C=O) groups excluding carboxylic acids is 3. The first-order valence-corrected chi connectivity index (χ1v) is 20.0. The van der Waals surface area contributed by atoms with Gasteiger partial charge in [-0.3, -0.25) is 14.4 Å². The van der Waals surface area contributed by atoms with Crippen molar-refractivity contribution in [3.8, 4) is 0 Å². The number of carbonyl (C=O) groups is 3. The molecule has 0 spiro atoms. The minimum Gasteiger partial charge on any atom is -0.342 e. The highest BCUT2D eigenvalue weighted by Gasteiger charge is 2.42. The van der Waals surface area contributed by atoms with Crippen molar-refractivity contribution in [1.82, 2.24) is 20.3 Å². The molecule has 0 aliphatic rings. The van der Waals surface area contributed by atoms with Crippen LogP contribution in [0.4, 0.5) is 0 Å². The number of benzene rings is 2. The average Bonchev–Trinajstić information content (AvgIpc) is 3.04. The summed E-state index contributed by atoms with van der Waals surface area (Å²) in [5.74, 6) is -1.51. The summed E-state index contributed by atoms with van der Waals surface area (Å²) in [5, 5.41) is 6.21. The van der Waals surface area contributed by atoms with Crippen LogP contribution in [0.3, 0.4) is 0 Å². The van der Waals surface area contributed by atoms with Crippen LogP contribution < -0.4 is 15.4 Å². The van der Waals surface area contributed by atoms with Crippen LogP contribution in [0.2, 0.25) is 0 Å². The standard InChI is InChI=1S/C42H66N4O5S/c1-25(2)30-23-32(26(3)4)35(33(24-30)27(5)6)52(50,51)45-38(47)29(9)22-34(28(7)8)46(16)40(49)37(41(10,11)12)44-39(48)36(43-15)42(13,14)31-20-18-17-19-21-31/h17-28,34,36-37,43H,1-16H3,(H,44,48)(H,45,47)/t34-,36-,37-/m1/s1. The Morgan fingerprint density at radius 1 is 0.788 bits per heavy atom. The van der Waals surface area contributed by atoms with Crippen LogP contribution in [0.1, 0.15) is 137 Å². The fraction of sp³-hybridized carbons (Fsp3) is 0.595. The molecule has 0 fully saturated rings. The normalized spacial score (nSPS) is 14.8. The lowest BCUT2D eigenvalue weighted by Gasteiger charge is -2.40. The second-order valence-electron chi connectivity index (χ2n) is 17.1. The van der Waals surface area contributed by atoms with Crippen LogP contribution >= 0.6 is 0 Å². The number of amides is 3.